The first kappa shape index (κ1) is 16.1. The molecule has 2 aromatic carbocycles. The average Bonchev–Trinajstić information content (AvgIpc) is 2.54. The zero-order valence-electron chi connectivity index (χ0n) is 11.9. The lowest BCUT2D eigenvalue weighted by molar-refractivity contribution is -0.116. The van der Waals surface area contributed by atoms with Gasteiger partial charge in [-0.25, -0.2) is 0 Å². The van der Waals surface area contributed by atoms with Gasteiger partial charge in [-0.2, -0.15) is 5.26 Å². The predicted octanol–water partition coefficient (Wildman–Crippen LogP) is 4.12. The molecule has 2 aromatic rings. The lowest BCUT2D eigenvalue weighted by atomic mass is 10.2. The molecule has 0 aliphatic heterocycles. The van der Waals surface area contributed by atoms with Crippen molar-refractivity contribution in [2.75, 3.05) is 11.9 Å². The van der Waals surface area contributed by atoms with Gasteiger partial charge in [-0.3, -0.25) is 4.79 Å². The van der Waals surface area contributed by atoms with E-state index in [-0.39, 0.29) is 5.91 Å². The molecule has 0 aliphatic carbocycles. The molecule has 0 bridgehead atoms. The van der Waals surface area contributed by atoms with Crippen molar-refractivity contribution in [1.82, 2.24) is 0 Å². The number of anilines is 1. The number of ether oxygens (including phenoxy) is 1. The van der Waals surface area contributed by atoms with Gasteiger partial charge in [0.25, 0.3) is 0 Å². The molecule has 112 valence electrons. The highest BCUT2D eigenvalue weighted by molar-refractivity contribution is 9.10. The van der Waals surface area contributed by atoms with Crippen LogP contribution in [0.1, 0.15) is 18.4 Å². The van der Waals surface area contributed by atoms with Crippen molar-refractivity contribution >= 4 is 27.5 Å². The van der Waals surface area contributed by atoms with E-state index in [0.29, 0.717) is 30.7 Å². The van der Waals surface area contributed by atoms with Gasteiger partial charge in [-0.05, 0) is 55.0 Å². The first-order chi connectivity index (χ1) is 10.7. The summed E-state index contributed by atoms with van der Waals surface area (Å²) in [5.74, 6) is 0.722. The molecule has 0 fully saturated rings. The second kappa shape index (κ2) is 8.20. The van der Waals surface area contributed by atoms with Crippen LogP contribution in [0.3, 0.4) is 0 Å². The lowest BCUT2D eigenvalue weighted by Gasteiger charge is -2.07. The molecule has 0 saturated heterocycles. The van der Waals surface area contributed by atoms with E-state index in [9.17, 15) is 4.79 Å². The van der Waals surface area contributed by atoms with E-state index in [2.05, 4.69) is 21.2 Å². The summed E-state index contributed by atoms with van der Waals surface area (Å²) in [4.78, 5) is 11.8. The summed E-state index contributed by atoms with van der Waals surface area (Å²) in [5, 5.41) is 11.5. The molecule has 2 rings (SSSR count). The van der Waals surface area contributed by atoms with Crippen LogP contribution in [0.25, 0.3) is 0 Å². The summed E-state index contributed by atoms with van der Waals surface area (Å²) in [6.45, 7) is 0.489. The number of hydrogen-bond donors (Lipinski definition) is 1. The fraction of sp³-hybridized carbons (Fsp3) is 0.176. The molecule has 4 nitrogen and oxygen atoms in total. The van der Waals surface area contributed by atoms with E-state index in [1.54, 1.807) is 24.3 Å². The van der Waals surface area contributed by atoms with E-state index < -0.39 is 0 Å². The van der Waals surface area contributed by atoms with Gasteiger partial charge in [-0.15, -0.1) is 0 Å². The van der Waals surface area contributed by atoms with E-state index in [1.165, 1.54) is 0 Å². The van der Waals surface area contributed by atoms with Crippen molar-refractivity contribution in [2.24, 2.45) is 0 Å². The standard InChI is InChI=1S/C17H15BrN2O2/c18-14-5-9-16(10-6-14)22-11-1-2-17(21)20-15-7-3-13(12-19)4-8-15/h3-10H,1-2,11H2,(H,20,21). The molecule has 0 aliphatic rings. The van der Waals surface area contributed by atoms with Gasteiger partial charge in [-0.1, -0.05) is 15.9 Å². The highest BCUT2D eigenvalue weighted by Crippen LogP contribution is 2.16. The Morgan fingerprint density at radius 2 is 1.82 bits per heavy atom. The number of nitrogens with zero attached hydrogens (tertiary/aromatic N) is 1. The second-order valence-corrected chi connectivity index (χ2v) is 5.56. The average molecular weight is 359 g/mol. The molecule has 0 heterocycles. The molecule has 22 heavy (non-hydrogen) atoms. The molecule has 1 amide bonds. The highest BCUT2D eigenvalue weighted by Gasteiger charge is 2.03. The quantitative estimate of drug-likeness (QED) is 0.790. The smallest absolute Gasteiger partial charge is 0.224 e. The van der Waals surface area contributed by atoms with Gasteiger partial charge < -0.3 is 10.1 Å². The van der Waals surface area contributed by atoms with Crippen LogP contribution < -0.4 is 10.1 Å². The molecule has 0 atom stereocenters. The predicted molar refractivity (Wildman–Crippen MR) is 88.7 cm³/mol. The minimum atomic E-state index is -0.0656. The maximum Gasteiger partial charge on any atom is 0.224 e. The Kier molecular flexibility index (Phi) is 5.99. The first-order valence-corrected chi connectivity index (χ1v) is 7.65. The van der Waals surface area contributed by atoms with Gasteiger partial charge >= 0.3 is 0 Å². The Balaban J connectivity index is 1.69. The van der Waals surface area contributed by atoms with Crippen molar-refractivity contribution in [3.8, 4) is 11.8 Å². The molecular formula is C17H15BrN2O2. The van der Waals surface area contributed by atoms with Gasteiger partial charge in [0.15, 0.2) is 0 Å². The van der Waals surface area contributed by atoms with Crippen molar-refractivity contribution < 1.29 is 9.53 Å². The summed E-state index contributed by atoms with van der Waals surface area (Å²) in [6, 6.07) is 16.4. The van der Waals surface area contributed by atoms with Crippen LogP contribution in [0.4, 0.5) is 5.69 Å². The van der Waals surface area contributed by atoms with Crippen LogP contribution in [0, 0.1) is 11.3 Å². The van der Waals surface area contributed by atoms with E-state index in [4.69, 9.17) is 10.00 Å². The largest absolute Gasteiger partial charge is 0.494 e. The monoisotopic (exact) mass is 358 g/mol. The summed E-state index contributed by atoms with van der Waals surface area (Å²) >= 11 is 3.36. The SMILES string of the molecule is N#Cc1ccc(NC(=O)CCCOc2ccc(Br)cc2)cc1. The third-order valence-corrected chi connectivity index (χ3v) is 3.46. The van der Waals surface area contributed by atoms with Crippen LogP contribution in [0.5, 0.6) is 5.75 Å². The Labute approximate surface area is 137 Å². The van der Waals surface area contributed by atoms with E-state index in [0.717, 1.165) is 10.2 Å². The Bertz CT molecular complexity index is 661. The van der Waals surface area contributed by atoms with E-state index >= 15 is 0 Å². The lowest BCUT2D eigenvalue weighted by Crippen LogP contribution is -2.12. The fourth-order valence-electron chi connectivity index (χ4n) is 1.81. The second-order valence-electron chi connectivity index (χ2n) is 4.64. The molecule has 1 N–H and O–H groups in total. The van der Waals surface area contributed by atoms with Crippen LogP contribution in [0.15, 0.2) is 53.0 Å². The molecule has 0 spiro atoms. The number of amides is 1. The summed E-state index contributed by atoms with van der Waals surface area (Å²) in [5.41, 5.74) is 1.26. The number of carbonyl (C=O) groups is 1. The normalized spacial score (nSPS) is 9.82. The number of halogens is 1. The summed E-state index contributed by atoms with van der Waals surface area (Å²) in [7, 11) is 0. The maximum absolute atomic E-state index is 11.8. The fourth-order valence-corrected chi connectivity index (χ4v) is 2.07. The van der Waals surface area contributed by atoms with Crippen LogP contribution >= 0.6 is 15.9 Å². The van der Waals surface area contributed by atoms with Crippen LogP contribution in [-0.4, -0.2) is 12.5 Å². The molecular weight excluding hydrogens is 344 g/mol. The number of nitrogens with one attached hydrogen (secondary N) is 1. The van der Waals surface area contributed by atoms with Gasteiger partial charge in [0.05, 0.1) is 18.2 Å². The maximum atomic E-state index is 11.8. The molecule has 5 heteroatoms. The van der Waals surface area contributed by atoms with Crippen molar-refractivity contribution in [3.05, 3.63) is 58.6 Å². The summed E-state index contributed by atoms with van der Waals surface area (Å²) in [6.07, 6.45) is 1.02. The number of benzene rings is 2. The zero-order chi connectivity index (χ0) is 15.8. The molecule has 0 radical (unpaired) electrons. The number of rotatable bonds is 6. The topological polar surface area (TPSA) is 62.1 Å². The number of hydrogen-bond acceptors (Lipinski definition) is 3. The van der Waals surface area contributed by atoms with Gasteiger partial charge in [0, 0.05) is 16.6 Å². The van der Waals surface area contributed by atoms with Crippen LogP contribution in [-0.2, 0) is 4.79 Å². The highest BCUT2D eigenvalue weighted by atomic mass is 79.9. The van der Waals surface area contributed by atoms with Crippen LogP contribution in [0.2, 0.25) is 0 Å². The minimum Gasteiger partial charge on any atom is -0.494 e. The van der Waals surface area contributed by atoms with Gasteiger partial charge in [0.2, 0.25) is 5.91 Å². The van der Waals surface area contributed by atoms with Crippen molar-refractivity contribution in [2.45, 2.75) is 12.8 Å². The molecule has 0 unspecified atom stereocenters. The third kappa shape index (κ3) is 5.23. The number of nitriles is 1. The number of carbonyl (C=O) groups excluding carboxylic acids is 1. The molecule has 0 saturated carbocycles. The Morgan fingerprint density at radius 1 is 1.14 bits per heavy atom. The Morgan fingerprint density at radius 3 is 2.45 bits per heavy atom. The van der Waals surface area contributed by atoms with E-state index in [1.807, 2.05) is 30.3 Å². The minimum absolute atomic E-state index is 0.0656. The zero-order valence-corrected chi connectivity index (χ0v) is 13.5. The van der Waals surface area contributed by atoms with Gasteiger partial charge in [0.1, 0.15) is 5.75 Å². The Hall–Kier alpha value is -2.32. The first-order valence-electron chi connectivity index (χ1n) is 6.86. The summed E-state index contributed by atoms with van der Waals surface area (Å²) < 4.78 is 6.56. The van der Waals surface area contributed by atoms with Crippen molar-refractivity contribution in [1.29, 1.82) is 5.26 Å². The third-order valence-electron chi connectivity index (χ3n) is 2.93. The molecule has 0 aromatic heterocycles. The van der Waals surface area contributed by atoms with Crippen molar-refractivity contribution in [3.63, 3.8) is 0 Å².